The van der Waals surface area contributed by atoms with Gasteiger partial charge in [-0.25, -0.2) is 4.98 Å². The number of H-pyrrole nitrogens is 1. The number of rotatable bonds is 16. The van der Waals surface area contributed by atoms with Crippen molar-refractivity contribution in [3.05, 3.63) is 64.8 Å². The number of amides is 2. The summed E-state index contributed by atoms with van der Waals surface area (Å²) in [6.45, 7) is 8.46. The van der Waals surface area contributed by atoms with Crippen LogP contribution in [-0.2, 0) is 10.2 Å². The van der Waals surface area contributed by atoms with Gasteiger partial charge in [-0.15, -0.1) is 5.10 Å². The van der Waals surface area contributed by atoms with Gasteiger partial charge in [0.15, 0.2) is 11.5 Å². The molecule has 44 heavy (non-hydrogen) atoms. The Morgan fingerprint density at radius 1 is 0.841 bits per heavy atom. The lowest BCUT2D eigenvalue weighted by Crippen LogP contribution is -2.14. The third kappa shape index (κ3) is 9.42. The first-order valence-corrected chi connectivity index (χ1v) is 16.5. The molecule has 0 saturated heterocycles. The molecule has 236 valence electrons. The molecular weight excluding hydrogens is 572 g/mol. The van der Waals surface area contributed by atoms with Crippen molar-refractivity contribution in [2.24, 2.45) is 0 Å². The van der Waals surface area contributed by atoms with Gasteiger partial charge in [0.05, 0.1) is 5.69 Å². The Kier molecular flexibility index (Phi) is 12.0. The molecule has 2 heterocycles. The number of nitrogens with zero attached hydrogens (tertiary/aromatic N) is 3. The minimum atomic E-state index is -0.272. The first-order chi connectivity index (χ1) is 21.2. The van der Waals surface area contributed by atoms with Crippen molar-refractivity contribution in [1.82, 2.24) is 19.8 Å². The lowest BCUT2D eigenvalue weighted by molar-refractivity contribution is -0.116. The largest absolute Gasteiger partial charge is 0.326 e. The third-order valence-corrected chi connectivity index (χ3v) is 8.14. The van der Waals surface area contributed by atoms with Gasteiger partial charge in [-0.2, -0.15) is 4.63 Å². The second kappa shape index (κ2) is 15.9. The molecule has 8 nitrogen and oxygen atoms in total. The zero-order valence-corrected chi connectivity index (χ0v) is 27.4. The molecule has 2 amide bonds. The maximum absolute atomic E-state index is 13.1. The van der Waals surface area contributed by atoms with E-state index in [1.54, 1.807) is 28.9 Å². The number of hydrogen-bond donors (Lipinski definition) is 3. The molecule has 4 aromatic rings. The summed E-state index contributed by atoms with van der Waals surface area (Å²) in [5.74, 6) is 0.202. The number of aromatic nitrogens is 4. The number of carbonyl (C=O) groups excluding carboxylic acids is 2. The third-order valence-electron chi connectivity index (χ3n) is 7.79. The van der Waals surface area contributed by atoms with E-state index in [9.17, 15) is 9.59 Å². The Balaban J connectivity index is 1.24. The molecule has 3 N–H and O–H groups in total. The van der Waals surface area contributed by atoms with E-state index in [0.29, 0.717) is 39.9 Å². The number of benzene rings is 2. The number of fused-ring (bicyclic) bond motifs is 1. The number of unbranched alkanes of at least 4 members (excludes halogenated alkanes) is 10. The van der Waals surface area contributed by atoms with Crippen LogP contribution in [-0.4, -0.2) is 31.6 Å². The second-order valence-electron chi connectivity index (χ2n) is 12.7. The van der Waals surface area contributed by atoms with E-state index in [4.69, 9.17) is 11.6 Å². The van der Waals surface area contributed by atoms with Gasteiger partial charge in [0.25, 0.3) is 5.91 Å². The van der Waals surface area contributed by atoms with Gasteiger partial charge in [-0.3, -0.25) is 14.7 Å². The van der Waals surface area contributed by atoms with E-state index < -0.39 is 0 Å². The molecule has 0 bridgehead atoms. The van der Waals surface area contributed by atoms with Gasteiger partial charge in [0, 0.05) is 34.3 Å². The van der Waals surface area contributed by atoms with Crippen LogP contribution in [0.15, 0.2) is 48.5 Å². The Labute approximate surface area is 266 Å². The van der Waals surface area contributed by atoms with Crippen molar-refractivity contribution >= 4 is 40.4 Å². The van der Waals surface area contributed by atoms with E-state index in [2.05, 4.69) is 53.5 Å². The summed E-state index contributed by atoms with van der Waals surface area (Å²) >= 11 is 6.58. The highest BCUT2D eigenvalue weighted by Gasteiger charge is 2.24. The van der Waals surface area contributed by atoms with E-state index in [-0.39, 0.29) is 17.2 Å². The summed E-state index contributed by atoms with van der Waals surface area (Å²) in [4.78, 5) is 30.2. The van der Waals surface area contributed by atoms with Crippen molar-refractivity contribution in [3.63, 3.8) is 0 Å². The number of carbonyl (C=O) groups is 2. The first-order valence-electron chi connectivity index (χ1n) is 16.1. The smallest absolute Gasteiger partial charge is 0.255 e. The zero-order valence-electron chi connectivity index (χ0n) is 26.6. The average molecular weight is 619 g/mol. The number of hydrogen-bond acceptors (Lipinski definition) is 4. The van der Waals surface area contributed by atoms with Crippen LogP contribution in [0.3, 0.4) is 0 Å². The number of aromatic amines is 1. The summed E-state index contributed by atoms with van der Waals surface area (Å²) in [6, 6.07) is 14.4. The van der Waals surface area contributed by atoms with E-state index >= 15 is 0 Å². The quantitative estimate of drug-likeness (QED) is 0.109. The minimum absolute atomic E-state index is 0.0234. The highest BCUT2D eigenvalue weighted by Crippen LogP contribution is 2.32. The van der Waals surface area contributed by atoms with Gasteiger partial charge in [-0.1, -0.05) is 122 Å². The molecule has 0 aliphatic carbocycles. The summed E-state index contributed by atoms with van der Waals surface area (Å²) in [5, 5.41) is 14.2. The molecule has 0 saturated carbocycles. The van der Waals surface area contributed by atoms with Crippen LogP contribution in [0.5, 0.6) is 0 Å². The predicted octanol–water partition coefficient (Wildman–Crippen LogP) is 9.57. The molecule has 0 aliphatic rings. The first kappa shape index (κ1) is 33.2. The standard InChI is InChI=1S/C35H47ClN6O2/c1-5-6-7-8-9-10-11-12-13-14-15-22-29(43)37-27-20-17-19-26(24-27)34(44)38-28-21-16-18-25(23-28)32-39-33-30(36)31(35(2,3)4)40-42(33)41-32/h16-21,23-24,40H,5-15,22H2,1-4H3,(H,37,43)(H,38,44). The molecule has 0 spiro atoms. The summed E-state index contributed by atoms with van der Waals surface area (Å²) in [5.41, 5.74) is 3.69. The van der Waals surface area contributed by atoms with Crippen molar-refractivity contribution < 1.29 is 9.59 Å². The topological polar surface area (TPSA) is 104 Å². The Hall–Kier alpha value is -3.65. The number of halogens is 1. The van der Waals surface area contributed by atoms with Crippen LogP contribution < -0.4 is 10.6 Å². The normalized spacial score (nSPS) is 11.7. The fourth-order valence-corrected chi connectivity index (χ4v) is 5.72. The average Bonchev–Trinajstić information content (AvgIpc) is 3.55. The van der Waals surface area contributed by atoms with Crippen LogP contribution in [0.4, 0.5) is 11.4 Å². The Morgan fingerprint density at radius 2 is 1.45 bits per heavy atom. The van der Waals surface area contributed by atoms with Crippen molar-refractivity contribution in [1.29, 1.82) is 0 Å². The van der Waals surface area contributed by atoms with Crippen molar-refractivity contribution in [2.75, 3.05) is 10.6 Å². The van der Waals surface area contributed by atoms with Crippen LogP contribution >= 0.6 is 11.6 Å². The second-order valence-corrected chi connectivity index (χ2v) is 13.0. The van der Waals surface area contributed by atoms with Gasteiger partial charge >= 0.3 is 0 Å². The fourth-order valence-electron chi connectivity index (χ4n) is 5.27. The molecule has 0 radical (unpaired) electrons. The molecule has 4 rings (SSSR count). The van der Waals surface area contributed by atoms with Gasteiger partial charge < -0.3 is 10.6 Å². The van der Waals surface area contributed by atoms with Gasteiger partial charge in [0.1, 0.15) is 5.02 Å². The van der Waals surface area contributed by atoms with Crippen LogP contribution in [0.25, 0.3) is 17.0 Å². The predicted molar refractivity (Wildman–Crippen MR) is 181 cm³/mol. The molecule has 0 fully saturated rings. The van der Waals surface area contributed by atoms with Crippen LogP contribution in [0.1, 0.15) is 121 Å². The zero-order chi connectivity index (χ0) is 31.5. The van der Waals surface area contributed by atoms with Crippen molar-refractivity contribution in [3.8, 4) is 11.4 Å². The Bertz CT molecular complexity index is 1530. The summed E-state index contributed by atoms with van der Waals surface area (Å²) in [7, 11) is 0. The maximum Gasteiger partial charge on any atom is 0.255 e. The molecule has 9 heteroatoms. The van der Waals surface area contributed by atoms with Crippen LogP contribution in [0, 0.1) is 0 Å². The van der Waals surface area contributed by atoms with Crippen molar-refractivity contribution in [2.45, 2.75) is 110 Å². The number of nitrogens with one attached hydrogen (secondary N) is 3. The van der Waals surface area contributed by atoms with E-state index in [1.165, 1.54) is 57.8 Å². The molecular formula is C35H47ClN6O2. The minimum Gasteiger partial charge on any atom is -0.326 e. The maximum atomic E-state index is 13.1. The molecule has 0 aliphatic heterocycles. The Morgan fingerprint density at radius 3 is 2.09 bits per heavy atom. The molecule has 2 aromatic heterocycles. The van der Waals surface area contributed by atoms with Gasteiger partial charge in [0.2, 0.25) is 5.91 Å². The highest BCUT2D eigenvalue weighted by molar-refractivity contribution is 6.34. The number of anilines is 2. The summed E-state index contributed by atoms with van der Waals surface area (Å²) in [6.07, 6.45) is 14.2. The lowest BCUT2D eigenvalue weighted by Gasteiger charge is -2.16. The summed E-state index contributed by atoms with van der Waals surface area (Å²) < 4.78 is 1.58. The fraction of sp³-hybridized carbons (Fsp3) is 0.486. The monoisotopic (exact) mass is 618 g/mol. The van der Waals surface area contributed by atoms with Gasteiger partial charge in [-0.05, 0) is 36.8 Å². The SMILES string of the molecule is CCCCCCCCCCCCCC(=O)Nc1cccc(C(=O)Nc2cccc(-c3nc4c(Cl)c(C(C)(C)C)[nH]n4n3)c2)c1. The lowest BCUT2D eigenvalue weighted by atomic mass is 9.92. The molecule has 0 atom stereocenters. The molecule has 0 unspecified atom stereocenters. The van der Waals surface area contributed by atoms with E-state index in [0.717, 1.165) is 24.1 Å². The highest BCUT2D eigenvalue weighted by atomic mass is 35.5. The van der Waals surface area contributed by atoms with Crippen LogP contribution in [0.2, 0.25) is 5.02 Å². The van der Waals surface area contributed by atoms with E-state index in [1.807, 2.05) is 24.3 Å². The molecule has 2 aromatic carbocycles.